The Morgan fingerprint density at radius 3 is 2.83 bits per heavy atom. The third kappa shape index (κ3) is 3.52. The van der Waals surface area contributed by atoms with Crippen LogP contribution in [0.5, 0.6) is 0 Å². The van der Waals surface area contributed by atoms with Gasteiger partial charge in [-0.25, -0.2) is 0 Å². The van der Waals surface area contributed by atoms with Gasteiger partial charge in [-0.2, -0.15) is 0 Å². The largest absolute Gasteiger partial charge is 0.324 e. The number of hydrogen-bond acceptors (Lipinski definition) is 2. The fourth-order valence-corrected chi connectivity index (χ4v) is 4.36. The normalized spacial score (nSPS) is 25.9. The van der Waals surface area contributed by atoms with E-state index in [1.807, 2.05) is 0 Å². The molecule has 0 amide bonds. The summed E-state index contributed by atoms with van der Waals surface area (Å²) in [5.74, 6) is 0.892. The third-order valence-electron chi connectivity index (χ3n) is 3.94. The molecule has 0 heterocycles. The number of rotatable bonds is 4. The Labute approximate surface area is 116 Å². The van der Waals surface area contributed by atoms with E-state index in [1.165, 1.54) is 36.1 Å². The summed E-state index contributed by atoms with van der Waals surface area (Å²) in [6, 6.07) is 8.88. The highest BCUT2D eigenvalue weighted by atomic mass is 32.2. The van der Waals surface area contributed by atoms with E-state index < -0.39 is 0 Å². The molecule has 0 saturated heterocycles. The van der Waals surface area contributed by atoms with Gasteiger partial charge in [-0.3, -0.25) is 0 Å². The van der Waals surface area contributed by atoms with Gasteiger partial charge in [0, 0.05) is 16.2 Å². The molecule has 3 unspecified atom stereocenters. The van der Waals surface area contributed by atoms with E-state index in [2.05, 4.69) is 49.9 Å². The van der Waals surface area contributed by atoms with E-state index >= 15 is 0 Å². The van der Waals surface area contributed by atoms with E-state index in [1.54, 1.807) is 0 Å². The van der Waals surface area contributed by atoms with Crippen LogP contribution in [-0.4, -0.2) is 5.25 Å². The molecule has 1 saturated carbocycles. The van der Waals surface area contributed by atoms with Crippen molar-refractivity contribution in [1.82, 2.24) is 0 Å². The Morgan fingerprint density at radius 1 is 1.33 bits per heavy atom. The second-order valence-corrected chi connectivity index (χ2v) is 6.91. The lowest BCUT2D eigenvalue weighted by Crippen LogP contribution is -2.16. The minimum Gasteiger partial charge on any atom is -0.324 e. The Balaban J connectivity index is 2.08. The van der Waals surface area contributed by atoms with E-state index in [4.69, 9.17) is 5.73 Å². The molecule has 18 heavy (non-hydrogen) atoms. The summed E-state index contributed by atoms with van der Waals surface area (Å²) in [5, 5.41) is 0.791. The van der Waals surface area contributed by atoms with Gasteiger partial charge in [0.2, 0.25) is 0 Å². The SMILES string of the molecule is CCC(N)c1ccccc1SC1CCCC(C)C1. The molecule has 1 aliphatic rings. The van der Waals surface area contributed by atoms with Gasteiger partial charge < -0.3 is 5.73 Å². The van der Waals surface area contributed by atoms with Crippen molar-refractivity contribution in [3.05, 3.63) is 29.8 Å². The van der Waals surface area contributed by atoms with Crippen LogP contribution in [0.25, 0.3) is 0 Å². The van der Waals surface area contributed by atoms with Crippen molar-refractivity contribution in [2.24, 2.45) is 11.7 Å². The lowest BCUT2D eigenvalue weighted by atomic mass is 9.91. The molecule has 3 atom stereocenters. The Morgan fingerprint density at radius 2 is 2.11 bits per heavy atom. The number of nitrogens with two attached hydrogens (primary N) is 1. The monoisotopic (exact) mass is 263 g/mol. The molecule has 1 nitrogen and oxygen atoms in total. The van der Waals surface area contributed by atoms with Crippen LogP contribution in [0.15, 0.2) is 29.2 Å². The predicted molar refractivity (Wildman–Crippen MR) is 80.9 cm³/mol. The zero-order valence-electron chi connectivity index (χ0n) is 11.6. The van der Waals surface area contributed by atoms with Crippen molar-refractivity contribution in [3.8, 4) is 0 Å². The fraction of sp³-hybridized carbons (Fsp3) is 0.625. The van der Waals surface area contributed by atoms with Crippen molar-refractivity contribution in [1.29, 1.82) is 0 Å². The summed E-state index contributed by atoms with van der Waals surface area (Å²) in [5.41, 5.74) is 7.55. The first-order chi connectivity index (χ1) is 8.70. The van der Waals surface area contributed by atoms with Crippen LogP contribution in [0.3, 0.4) is 0 Å². The summed E-state index contributed by atoms with van der Waals surface area (Å²) in [6.45, 7) is 4.55. The summed E-state index contributed by atoms with van der Waals surface area (Å²) in [7, 11) is 0. The summed E-state index contributed by atoms with van der Waals surface area (Å²) < 4.78 is 0. The molecule has 0 radical (unpaired) electrons. The minimum atomic E-state index is 0.190. The molecule has 1 aromatic carbocycles. The molecule has 1 aliphatic carbocycles. The van der Waals surface area contributed by atoms with Crippen LogP contribution < -0.4 is 5.73 Å². The first-order valence-electron chi connectivity index (χ1n) is 7.21. The van der Waals surface area contributed by atoms with Gasteiger partial charge in [0.05, 0.1) is 0 Å². The third-order valence-corrected chi connectivity index (χ3v) is 5.33. The van der Waals surface area contributed by atoms with Crippen molar-refractivity contribution in [2.45, 2.75) is 62.1 Å². The van der Waals surface area contributed by atoms with Gasteiger partial charge in [-0.15, -0.1) is 11.8 Å². The standard InChI is InChI=1S/C16H25NS/c1-3-15(17)14-9-4-5-10-16(14)18-13-8-6-7-12(2)11-13/h4-5,9-10,12-13,15H,3,6-8,11,17H2,1-2H3. The van der Waals surface area contributed by atoms with Gasteiger partial charge >= 0.3 is 0 Å². The Kier molecular flexibility index (Phi) is 5.13. The lowest BCUT2D eigenvalue weighted by molar-refractivity contribution is 0.394. The maximum absolute atomic E-state index is 6.21. The Hall–Kier alpha value is -0.470. The van der Waals surface area contributed by atoms with E-state index in [-0.39, 0.29) is 6.04 Å². The number of thioether (sulfide) groups is 1. The molecule has 100 valence electrons. The van der Waals surface area contributed by atoms with Gasteiger partial charge in [-0.1, -0.05) is 44.9 Å². The minimum absolute atomic E-state index is 0.190. The van der Waals surface area contributed by atoms with Crippen molar-refractivity contribution < 1.29 is 0 Å². The second-order valence-electron chi connectivity index (χ2n) is 5.56. The molecule has 1 aromatic rings. The van der Waals surface area contributed by atoms with Crippen molar-refractivity contribution in [3.63, 3.8) is 0 Å². The first kappa shape index (κ1) is 14.0. The second kappa shape index (κ2) is 6.63. The van der Waals surface area contributed by atoms with Gasteiger partial charge in [-0.05, 0) is 36.8 Å². The highest BCUT2D eigenvalue weighted by Gasteiger charge is 2.21. The van der Waals surface area contributed by atoms with Crippen molar-refractivity contribution in [2.75, 3.05) is 0 Å². The lowest BCUT2D eigenvalue weighted by Gasteiger charge is -2.27. The van der Waals surface area contributed by atoms with Gasteiger partial charge in [0.1, 0.15) is 0 Å². The quantitative estimate of drug-likeness (QED) is 0.847. The van der Waals surface area contributed by atoms with Gasteiger partial charge in [0.15, 0.2) is 0 Å². The van der Waals surface area contributed by atoms with Crippen molar-refractivity contribution >= 4 is 11.8 Å². The number of hydrogen-bond donors (Lipinski definition) is 1. The molecule has 1 fully saturated rings. The van der Waals surface area contributed by atoms with Crippen LogP contribution >= 0.6 is 11.8 Å². The molecule has 0 aromatic heterocycles. The van der Waals surface area contributed by atoms with Crippen LogP contribution in [0, 0.1) is 5.92 Å². The Bertz CT molecular complexity index is 377. The van der Waals surface area contributed by atoms with E-state index in [0.717, 1.165) is 17.6 Å². The summed E-state index contributed by atoms with van der Waals surface area (Å²) in [6.07, 6.45) is 6.54. The summed E-state index contributed by atoms with van der Waals surface area (Å²) in [4.78, 5) is 1.41. The maximum Gasteiger partial charge on any atom is 0.0303 e. The van der Waals surface area contributed by atoms with E-state index in [0.29, 0.717) is 0 Å². The molecular formula is C16H25NS. The molecule has 2 N–H and O–H groups in total. The van der Waals surface area contributed by atoms with Crippen LogP contribution in [0.1, 0.15) is 57.6 Å². The molecular weight excluding hydrogens is 238 g/mol. The highest BCUT2D eigenvalue weighted by Crippen LogP contribution is 2.38. The number of benzene rings is 1. The fourth-order valence-electron chi connectivity index (χ4n) is 2.78. The van der Waals surface area contributed by atoms with Crippen LogP contribution in [-0.2, 0) is 0 Å². The molecule has 0 bridgehead atoms. The zero-order valence-corrected chi connectivity index (χ0v) is 12.4. The van der Waals surface area contributed by atoms with Crippen LogP contribution in [0.2, 0.25) is 0 Å². The zero-order chi connectivity index (χ0) is 13.0. The average Bonchev–Trinajstić information content (AvgIpc) is 2.38. The maximum atomic E-state index is 6.21. The predicted octanol–water partition coefficient (Wildman–Crippen LogP) is 4.77. The smallest absolute Gasteiger partial charge is 0.0303 e. The van der Waals surface area contributed by atoms with Gasteiger partial charge in [0.25, 0.3) is 0 Å². The summed E-state index contributed by atoms with van der Waals surface area (Å²) >= 11 is 2.06. The van der Waals surface area contributed by atoms with Crippen LogP contribution in [0.4, 0.5) is 0 Å². The molecule has 0 aliphatic heterocycles. The average molecular weight is 263 g/mol. The van der Waals surface area contributed by atoms with E-state index in [9.17, 15) is 0 Å². The molecule has 2 heteroatoms. The molecule has 2 rings (SSSR count). The molecule has 0 spiro atoms. The highest BCUT2D eigenvalue weighted by molar-refractivity contribution is 8.00. The first-order valence-corrected chi connectivity index (χ1v) is 8.09. The topological polar surface area (TPSA) is 26.0 Å².